The van der Waals surface area contributed by atoms with Crippen LogP contribution in [0.5, 0.6) is 0 Å². The molecule has 0 spiro atoms. The normalized spacial score (nSPS) is 15.8. The van der Waals surface area contributed by atoms with Gasteiger partial charge in [0.2, 0.25) is 5.91 Å². The maximum absolute atomic E-state index is 12.3. The molecule has 1 aromatic carbocycles. The molecular weight excluding hydrogens is 298 g/mol. The summed E-state index contributed by atoms with van der Waals surface area (Å²) >= 11 is 0. The topological polar surface area (TPSA) is 36.4 Å². The standard InChI is InChI=1S/C20H23N3O/c1-17-4-2-5-18(14-17)7-8-20(24)23-12-10-22(11-13-23)16-19-6-3-9-21-15-19/h2-9,14-15H,10-13,16H2,1H3/b8-7+. The van der Waals surface area contributed by atoms with Crippen molar-refractivity contribution in [2.75, 3.05) is 26.2 Å². The van der Waals surface area contributed by atoms with E-state index in [-0.39, 0.29) is 5.91 Å². The molecule has 0 atom stereocenters. The number of amides is 1. The maximum atomic E-state index is 12.3. The number of rotatable bonds is 4. The molecule has 124 valence electrons. The molecular formula is C20H23N3O. The average molecular weight is 321 g/mol. The van der Waals surface area contributed by atoms with E-state index in [1.165, 1.54) is 11.1 Å². The Labute approximate surface area is 143 Å². The van der Waals surface area contributed by atoms with Crippen molar-refractivity contribution >= 4 is 12.0 Å². The van der Waals surface area contributed by atoms with Crippen LogP contribution in [-0.4, -0.2) is 46.9 Å². The van der Waals surface area contributed by atoms with Crippen LogP contribution in [0.4, 0.5) is 0 Å². The van der Waals surface area contributed by atoms with Crippen molar-refractivity contribution in [1.29, 1.82) is 0 Å². The minimum Gasteiger partial charge on any atom is -0.337 e. The molecule has 4 nitrogen and oxygen atoms in total. The second-order valence-electron chi connectivity index (χ2n) is 6.21. The summed E-state index contributed by atoms with van der Waals surface area (Å²) in [6, 6.07) is 12.2. The lowest BCUT2D eigenvalue weighted by atomic mass is 10.1. The summed E-state index contributed by atoms with van der Waals surface area (Å²) in [6.07, 6.45) is 7.28. The predicted molar refractivity (Wildman–Crippen MR) is 96.3 cm³/mol. The number of piperazine rings is 1. The van der Waals surface area contributed by atoms with E-state index in [0.29, 0.717) is 0 Å². The molecule has 0 unspecified atom stereocenters. The molecule has 1 amide bonds. The van der Waals surface area contributed by atoms with E-state index in [1.54, 1.807) is 12.3 Å². The van der Waals surface area contributed by atoms with Gasteiger partial charge < -0.3 is 4.90 Å². The Balaban J connectivity index is 1.50. The van der Waals surface area contributed by atoms with Crippen molar-refractivity contribution in [3.05, 3.63) is 71.6 Å². The van der Waals surface area contributed by atoms with Gasteiger partial charge in [-0.05, 0) is 30.2 Å². The third kappa shape index (κ3) is 4.52. The number of nitrogens with zero attached hydrogens (tertiary/aromatic N) is 3. The second-order valence-corrected chi connectivity index (χ2v) is 6.21. The van der Waals surface area contributed by atoms with Crippen LogP contribution in [-0.2, 0) is 11.3 Å². The first-order valence-corrected chi connectivity index (χ1v) is 8.35. The Morgan fingerprint density at radius 3 is 2.71 bits per heavy atom. The molecule has 0 radical (unpaired) electrons. The fourth-order valence-electron chi connectivity index (χ4n) is 2.92. The quantitative estimate of drug-likeness (QED) is 0.813. The van der Waals surface area contributed by atoms with Crippen molar-refractivity contribution in [3.8, 4) is 0 Å². The third-order valence-corrected chi connectivity index (χ3v) is 4.27. The van der Waals surface area contributed by atoms with Gasteiger partial charge in [0.15, 0.2) is 0 Å². The highest BCUT2D eigenvalue weighted by molar-refractivity contribution is 5.91. The van der Waals surface area contributed by atoms with E-state index in [9.17, 15) is 4.79 Å². The van der Waals surface area contributed by atoms with Gasteiger partial charge in [-0.25, -0.2) is 0 Å². The van der Waals surface area contributed by atoms with Gasteiger partial charge in [0.05, 0.1) is 0 Å². The Morgan fingerprint density at radius 2 is 2.00 bits per heavy atom. The van der Waals surface area contributed by atoms with E-state index in [4.69, 9.17) is 0 Å². The molecule has 3 rings (SSSR count). The minimum absolute atomic E-state index is 0.0949. The number of pyridine rings is 1. The van der Waals surface area contributed by atoms with Crippen LogP contribution in [0.3, 0.4) is 0 Å². The first-order valence-electron chi connectivity index (χ1n) is 8.35. The van der Waals surface area contributed by atoms with Gasteiger partial charge in [0.1, 0.15) is 0 Å². The molecule has 2 heterocycles. The molecule has 0 aliphatic carbocycles. The molecule has 1 fully saturated rings. The lowest BCUT2D eigenvalue weighted by Crippen LogP contribution is -2.47. The summed E-state index contributed by atoms with van der Waals surface area (Å²) in [4.78, 5) is 20.8. The zero-order chi connectivity index (χ0) is 16.8. The van der Waals surface area contributed by atoms with E-state index in [2.05, 4.69) is 35.0 Å². The number of carbonyl (C=O) groups excluding carboxylic acids is 1. The van der Waals surface area contributed by atoms with Gasteiger partial charge in [-0.15, -0.1) is 0 Å². The van der Waals surface area contributed by atoms with Crippen LogP contribution in [0.2, 0.25) is 0 Å². The molecule has 2 aromatic rings. The van der Waals surface area contributed by atoms with E-state index >= 15 is 0 Å². The zero-order valence-corrected chi connectivity index (χ0v) is 14.1. The summed E-state index contributed by atoms with van der Waals surface area (Å²) in [7, 11) is 0. The molecule has 0 bridgehead atoms. The lowest BCUT2D eigenvalue weighted by Gasteiger charge is -2.34. The summed E-state index contributed by atoms with van der Waals surface area (Å²) < 4.78 is 0. The Kier molecular flexibility index (Phi) is 5.39. The van der Waals surface area contributed by atoms with Crippen molar-refractivity contribution < 1.29 is 4.79 Å². The van der Waals surface area contributed by atoms with Crippen molar-refractivity contribution in [3.63, 3.8) is 0 Å². The molecule has 1 aliphatic rings. The van der Waals surface area contributed by atoms with Gasteiger partial charge in [-0.3, -0.25) is 14.7 Å². The molecule has 1 aromatic heterocycles. The van der Waals surface area contributed by atoms with Crippen LogP contribution in [0.15, 0.2) is 54.9 Å². The third-order valence-electron chi connectivity index (χ3n) is 4.27. The summed E-state index contributed by atoms with van der Waals surface area (Å²) in [6.45, 7) is 6.31. The Bertz CT molecular complexity index is 704. The Hall–Kier alpha value is -2.46. The number of hydrogen-bond donors (Lipinski definition) is 0. The Morgan fingerprint density at radius 1 is 1.17 bits per heavy atom. The van der Waals surface area contributed by atoms with Gasteiger partial charge in [-0.1, -0.05) is 35.9 Å². The number of hydrogen-bond acceptors (Lipinski definition) is 3. The van der Waals surface area contributed by atoms with Crippen LogP contribution < -0.4 is 0 Å². The summed E-state index contributed by atoms with van der Waals surface area (Å²) in [5.74, 6) is 0.0949. The lowest BCUT2D eigenvalue weighted by molar-refractivity contribution is -0.127. The van der Waals surface area contributed by atoms with Crippen LogP contribution >= 0.6 is 0 Å². The van der Waals surface area contributed by atoms with Gasteiger partial charge in [0, 0.05) is 51.2 Å². The summed E-state index contributed by atoms with van der Waals surface area (Å²) in [5.41, 5.74) is 3.49. The fraction of sp³-hybridized carbons (Fsp3) is 0.300. The van der Waals surface area contributed by atoms with E-state index < -0.39 is 0 Å². The zero-order valence-electron chi connectivity index (χ0n) is 14.1. The van der Waals surface area contributed by atoms with E-state index in [1.807, 2.05) is 35.4 Å². The van der Waals surface area contributed by atoms with Crippen LogP contribution in [0.25, 0.3) is 6.08 Å². The number of carbonyl (C=O) groups is 1. The average Bonchev–Trinajstić information content (AvgIpc) is 2.61. The van der Waals surface area contributed by atoms with Crippen molar-refractivity contribution in [1.82, 2.24) is 14.8 Å². The first-order chi connectivity index (χ1) is 11.7. The molecule has 1 aliphatic heterocycles. The van der Waals surface area contributed by atoms with Crippen LogP contribution in [0.1, 0.15) is 16.7 Å². The summed E-state index contributed by atoms with van der Waals surface area (Å²) in [5, 5.41) is 0. The number of benzene rings is 1. The SMILES string of the molecule is Cc1cccc(/C=C/C(=O)N2CCN(Cc3cccnc3)CC2)c1. The highest BCUT2D eigenvalue weighted by atomic mass is 16.2. The largest absolute Gasteiger partial charge is 0.337 e. The fourth-order valence-corrected chi connectivity index (χ4v) is 2.92. The van der Waals surface area contributed by atoms with E-state index in [0.717, 1.165) is 38.3 Å². The predicted octanol–water partition coefficient (Wildman–Crippen LogP) is 2.75. The van der Waals surface area contributed by atoms with Gasteiger partial charge in [-0.2, -0.15) is 0 Å². The monoisotopic (exact) mass is 321 g/mol. The smallest absolute Gasteiger partial charge is 0.246 e. The molecule has 0 N–H and O–H groups in total. The van der Waals surface area contributed by atoms with Crippen molar-refractivity contribution in [2.24, 2.45) is 0 Å². The highest BCUT2D eigenvalue weighted by Gasteiger charge is 2.19. The molecule has 4 heteroatoms. The number of aryl methyl sites for hydroxylation is 1. The second kappa shape index (κ2) is 7.88. The van der Waals surface area contributed by atoms with Gasteiger partial charge in [0.25, 0.3) is 0 Å². The first kappa shape index (κ1) is 16.4. The highest BCUT2D eigenvalue weighted by Crippen LogP contribution is 2.10. The van der Waals surface area contributed by atoms with Crippen LogP contribution in [0, 0.1) is 6.92 Å². The minimum atomic E-state index is 0.0949. The molecule has 0 saturated carbocycles. The van der Waals surface area contributed by atoms with Crippen molar-refractivity contribution in [2.45, 2.75) is 13.5 Å². The molecule has 1 saturated heterocycles. The van der Waals surface area contributed by atoms with Gasteiger partial charge >= 0.3 is 0 Å². The maximum Gasteiger partial charge on any atom is 0.246 e. The number of aromatic nitrogens is 1. The molecule has 24 heavy (non-hydrogen) atoms.